The molecule has 4 rings (SSSR count). The Morgan fingerprint density at radius 1 is 1.31 bits per heavy atom. The van der Waals surface area contributed by atoms with Gasteiger partial charge in [0.15, 0.2) is 0 Å². The minimum Gasteiger partial charge on any atom is -0.507 e. The van der Waals surface area contributed by atoms with Gasteiger partial charge in [0.25, 0.3) is 0 Å². The van der Waals surface area contributed by atoms with Gasteiger partial charge in [0.05, 0.1) is 30.0 Å². The molecule has 0 radical (unpaired) electrons. The Kier molecular flexibility index (Phi) is 5.64. The van der Waals surface area contributed by atoms with Crippen LogP contribution in [-0.4, -0.2) is 23.9 Å². The fourth-order valence-electron chi connectivity index (χ4n) is 3.40. The average Bonchev–Trinajstić information content (AvgIpc) is 3.32. The summed E-state index contributed by atoms with van der Waals surface area (Å²) < 4.78 is 16.1. The lowest BCUT2D eigenvalue weighted by molar-refractivity contribution is 0.0526. The first kappa shape index (κ1) is 20.8. The van der Waals surface area contributed by atoms with E-state index in [9.17, 15) is 15.2 Å². The maximum atomic E-state index is 11.8. The predicted molar refractivity (Wildman–Crippen MR) is 116 cm³/mol. The number of hydrogen-bond acceptors (Lipinski definition) is 8. The average molecular weight is 429 g/mol. The molecule has 1 atom stereocenters. The predicted octanol–water partition coefficient (Wildman–Crippen LogP) is 4.13. The van der Waals surface area contributed by atoms with Gasteiger partial charge in [0.1, 0.15) is 28.9 Å². The molecule has 160 valence electrons. The third-order valence-electron chi connectivity index (χ3n) is 4.92. The molecule has 2 heterocycles. The summed E-state index contributed by atoms with van der Waals surface area (Å²) in [6, 6.07) is 15.2. The van der Waals surface area contributed by atoms with Crippen molar-refractivity contribution >= 4 is 17.9 Å². The smallest absolute Gasteiger partial charge is 0.338 e. The van der Waals surface area contributed by atoms with E-state index in [1.165, 1.54) is 18.5 Å². The Morgan fingerprint density at radius 3 is 2.75 bits per heavy atom. The first-order chi connectivity index (χ1) is 15.5. The summed E-state index contributed by atoms with van der Waals surface area (Å²) in [5.74, 6) is -0.227. The van der Waals surface area contributed by atoms with Crippen LogP contribution in [0.25, 0.3) is 0 Å². The number of furan rings is 1. The monoisotopic (exact) mass is 429 g/mol. The number of phenols is 1. The highest BCUT2D eigenvalue weighted by Gasteiger charge is 2.33. The molecule has 0 saturated carbocycles. The fraction of sp³-hybridized carbons (Fsp3) is 0.125. The highest BCUT2D eigenvalue weighted by atomic mass is 16.5. The van der Waals surface area contributed by atoms with E-state index in [0.29, 0.717) is 40.5 Å². The summed E-state index contributed by atoms with van der Waals surface area (Å²) in [5.41, 5.74) is 8.18. The maximum absolute atomic E-state index is 11.8. The lowest BCUT2D eigenvalue weighted by Gasteiger charge is -2.25. The number of nitrogens with two attached hydrogens (primary N) is 1. The number of carbonyl (C=O) groups is 1. The molecule has 1 aliphatic heterocycles. The van der Waals surface area contributed by atoms with E-state index in [1.54, 1.807) is 49.4 Å². The second-order valence-corrected chi connectivity index (χ2v) is 6.91. The summed E-state index contributed by atoms with van der Waals surface area (Å²) in [7, 11) is 0. The molecule has 8 heteroatoms. The van der Waals surface area contributed by atoms with Gasteiger partial charge >= 0.3 is 5.97 Å². The van der Waals surface area contributed by atoms with Crippen LogP contribution in [0.3, 0.4) is 0 Å². The van der Waals surface area contributed by atoms with Crippen molar-refractivity contribution in [3.8, 4) is 17.6 Å². The van der Waals surface area contributed by atoms with Crippen LogP contribution in [0.1, 0.15) is 40.1 Å². The van der Waals surface area contributed by atoms with Crippen molar-refractivity contribution in [3.63, 3.8) is 0 Å². The number of nitrogens with zero attached hydrogens (tertiary/aromatic N) is 2. The minimum absolute atomic E-state index is 0.0380. The SMILES string of the molecule is CCOC(=O)c1ccc(N=Cc2cc3c(cc2O)OC(N)=C(C#N)[C@H]3c2ccco2)cc1. The van der Waals surface area contributed by atoms with Crippen LogP contribution in [0.2, 0.25) is 0 Å². The summed E-state index contributed by atoms with van der Waals surface area (Å²) >= 11 is 0. The highest BCUT2D eigenvalue weighted by molar-refractivity contribution is 5.90. The molecule has 1 aliphatic rings. The van der Waals surface area contributed by atoms with Crippen LogP contribution in [0.15, 0.2) is 75.7 Å². The number of aliphatic imine (C=N–C) groups is 1. The molecule has 0 aliphatic carbocycles. The second kappa shape index (κ2) is 8.70. The number of hydrogen-bond donors (Lipinski definition) is 2. The molecule has 1 aromatic heterocycles. The molecular weight excluding hydrogens is 410 g/mol. The number of ether oxygens (including phenoxy) is 2. The number of aromatic hydroxyl groups is 1. The quantitative estimate of drug-likeness (QED) is 0.460. The summed E-state index contributed by atoms with van der Waals surface area (Å²) in [6.45, 7) is 2.04. The molecule has 0 bridgehead atoms. The molecule has 2 aromatic carbocycles. The van der Waals surface area contributed by atoms with Gasteiger partial charge in [0, 0.05) is 23.4 Å². The molecule has 8 nitrogen and oxygen atoms in total. The van der Waals surface area contributed by atoms with Gasteiger partial charge in [-0.25, -0.2) is 4.79 Å². The Morgan fingerprint density at radius 2 is 2.09 bits per heavy atom. The molecule has 3 N–H and O–H groups in total. The topological polar surface area (TPSA) is 131 Å². The van der Waals surface area contributed by atoms with Crippen LogP contribution in [0.4, 0.5) is 5.69 Å². The van der Waals surface area contributed by atoms with E-state index < -0.39 is 11.9 Å². The van der Waals surface area contributed by atoms with Gasteiger partial charge < -0.3 is 24.7 Å². The lowest BCUT2D eigenvalue weighted by atomic mass is 9.86. The highest BCUT2D eigenvalue weighted by Crippen LogP contribution is 2.44. The number of benzene rings is 2. The summed E-state index contributed by atoms with van der Waals surface area (Å²) in [5, 5.41) is 20.1. The van der Waals surface area contributed by atoms with Crippen LogP contribution in [-0.2, 0) is 4.74 Å². The standard InChI is InChI=1S/C24H19N3O5/c1-2-30-24(29)14-5-7-16(8-6-14)27-13-15-10-17-21(11-19(15)28)32-23(26)18(12-25)22(17)20-4-3-9-31-20/h3-11,13,22,28H,2,26H2,1H3/t22-/m0/s1. The molecule has 32 heavy (non-hydrogen) atoms. The van der Waals surface area contributed by atoms with Gasteiger partial charge in [-0.05, 0) is 49.4 Å². The van der Waals surface area contributed by atoms with E-state index >= 15 is 0 Å². The molecule has 0 fully saturated rings. The van der Waals surface area contributed by atoms with Gasteiger partial charge in [0.2, 0.25) is 5.88 Å². The van der Waals surface area contributed by atoms with Crippen molar-refractivity contribution < 1.29 is 23.8 Å². The minimum atomic E-state index is -0.574. The zero-order chi connectivity index (χ0) is 22.7. The first-order valence-corrected chi connectivity index (χ1v) is 9.81. The van der Waals surface area contributed by atoms with Gasteiger partial charge in [-0.15, -0.1) is 0 Å². The van der Waals surface area contributed by atoms with Crippen molar-refractivity contribution in [1.29, 1.82) is 5.26 Å². The molecule has 0 saturated heterocycles. The van der Waals surface area contributed by atoms with Crippen LogP contribution in [0.5, 0.6) is 11.5 Å². The Balaban J connectivity index is 1.67. The third kappa shape index (κ3) is 3.91. The molecular formula is C24H19N3O5. The summed E-state index contributed by atoms with van der Waals surface area (Å²) in [4.78, 5) is 16.1. The number of nitriles is 1. The number of esters is 1. The van der Waals surface area contributed by atoms with Crippen molar-refractivity contribution in [1.82, 2.24) is 0 Å². The molecule has 3 aromatic rings. The maximum Gasteiger partial charge on any atom is 0.338 e. The number of rotatable bonds is 5. The van der Waals surface area contributed by atoms with Crippen molar-refractivity contribution in [2.75, 3.05) is 6.61 Å². The van der Waals surface area contributed by atoms with Crippen LogP contribution >= 0.6 is 0 Å². The Hall–Kier alpha value is -4.51. The molecule has 0 unspecified atom stereocenters. The van der Waals surface area contributed by atoms with Crippen molar-refractivity contribution in [2.45, 2.75) is 12.8 Å². The zero-order valence-electron chi connectivity index (χ0n) is 17.1. The number of phenolic OH excluding ortho intramolecular Hbond substituents is 1. The number of carbonyl (C=O) groups excluding carboxylic acids is 1. The van der Waals surface area contributed by atoms with E-state index in [1.807, 2.05) is 0 Å². The van der Waals surface area contributed by atoms with Crippen molar-refractivity contribution in [3.05, 3.63) is 88.7 Å². The van der Waals surface area contributed by atoms with Crippen LogP contribution < -0.4 is 10.5 Å². The number of fused-ring (bicyclic) bond motifs is 1. The fourth-order valence-corrected chi connectivity index (χ4v) is 3.40. The van der Waals surface area contributed by atoms with Crippen molar-refractivity contribution in [2.24, 2.45) is 10.7 Å². The first-order valence-electron chi connectivity index (χ1n) is 9.81. The van der Waals surface area contributed by atoms with Gasteiger partial charge in [-0.3, -0.25) is 4.99 Å². The van der Waals surface area contributed by atoms with E-state index in [4.69, 9.17) is 19.6 Å². The zero-order valence-corrected chi connectivity index (χ0v) is 17.1. The van der Waals surface area contributed by atoms with Gasteiger partial charge in [-0.2, -0.15) is 5.26 Å². The van der Waals surface area contributed by atoms with Gasteiger partial charge in [-0.1, -0.05) is 0 Å². The van der Waals surface area contributed by atoms with E-state index in [-0.39, 0.29) is 17.2 Å². The van der Waals surface area contributed by atoms with Crippen LogP contribution in [0, 0.1) is 11.3 Å². The molecule has 0 amide bonds. The Labute approximate surface area is 183 Å². The Bertz CT molecular complexity index is 1250. The largest absolute Gasteiger partial charge is 0.507 e. The second-order valence-electron chi connectivity index (χ2n) is 6.91. The normalized spacial score (nSPS) is 15.2. The van der Waals surface area contributed by atoms with E-state index in [0.717, 1.165) is 0 Å². The van der Waals surface area contributed by atoms with E-state index in [2.05, 4.69) is 11.1 Å². The third-order valence-corrected chi connectivity index (χ3v) is 4.92. The molecule has 0 spiro atoms. The summed E-state index contributed by atoms with van der Waals surface area (Å²) in [6.07, 6.45) is 3.00. The lowest BCUT2D eigenvalue weighted by Crippen LogP contribution is -2.21. The number of allylic oxidation sites excluding steroid dienone is 1.